The summed E-state index contributed by atoms with van der Waals surface area (Å²) in [5, 5.41) is 10.00. The lowest BCUT2D eigenvalue weighted by Gasteiger charge is -2.11. The zero-order valence-corrected chi connectivity index (χ0v) is 17.2. The Balaban J connectivity index is 1.74. The number of para-hydroxylation sites is 1. The Kier molecular flexibility index (Phi) is 5.31. The van der Waals surface area contributed by atoms with Gasteiger partial charge in [0.1, 0.15) is 0 Å². The Morgan fingerprint density at radius 1 is 0.786 bits per heavy atom. The van der Waals surface area contributed by atoms with Crippen LogP contribution in [-0.4, -0.2) is 14.8 Å². The zero-order chi connectivity index (χ0) is 19.5. The average Bonchev–Trinajstić information content (AvgIpc) is 3.13. The van der Waals surface area contributed by atoms with E-state index in [2.05, 4.69) is 102 Å². The van der Waals surface area contributed by atoms with Gasteiger partial charge >= 0.3 is 0 Å². The first kappa shape index (κ1) is 18.5. The van der Waals surface area contributed by atoms with Crippen LogP contribution in [0.15, 0.2) is 78.0 Å². The predicted molar refractivity (Wildman–Crippen MR) is 117 cm³/mol. The lowest BCUT2D eigenvalue weighted by atomic mass is 10.1. The van der Waals surface area contributed by atoms with E-state index >= 15 is 0 Å². The molecule has 0 amide bonds. The average molecular weight is 386 g/mol. The maximum absolute atomic E-state index is 4.55. The number of aromatic nitrogens is 3. The van der Waals surface area contributed by atoms with E-state index < -0.39 is 0 Å². The fourth-order valence-corrected chi connectivity index (χ4v) is 4.26. The van der Waals surface area contributed by atoms with Crippen LogP contribution in [0.2, 0.25) is 0 Å². The van der Waals surface area contributed by atoms with Crippen LogP contribution in [0.3, 0.4) is 0 Å². The second kappa shape index (κ2) is 8.03. The molecule has 3 nitrogen and oxygen atoms in total. The van der Waals surface area contributed by atoms with Gasteiger partial charge in [0.2, 0.25) is 0 Å². The van der Waals surface area contributed by atoms with E-state index in [-0.39, 0.29) is 0 Å². The predicted octanol–water partition coefficient (Wildman–Crippen LogP) is 6.15. The summed E-state index contributed by atoms with van der Waals surface area (Å²) in [5.74, 6) is 1.74. The highest BCUT2D eigenvalue weighted by Gasteiger charge is 2.16. The van der Waals surface area contributed by atoms with Crippen LogP contribution in [-0.2, 0) is 5.75 Å². The van der Waals surface area contributed by atoms with Gasteiger partial charge in [-0.05, 0) is 50.1 Å². The molecule has 3 aromatic carbocycles. The summed E-state index contributed by atoms with van der Waals surface area (Å²) in [6.07, 6.45) is 0. The fourth-order valence-electron chi connectivity index (χ4n) is 3.24. The zero-order valence-electron chi connectivity index (χ0n) is 16.4. The molecule has 0 fully saturated rings. The van der Waals surface area contributed by atoms with Crippen LogP contribution < -0.4 is 0 Å². The van der Waals surface area contributed by atoms with Crippen LogP contribution in [0.4, 0.5) is 0 Å². The van der Waals surface area contributed by atoms with E-state index in [0.29, 0.717) is 0 Å². The van der Waals surface area contributed by atoms with Gasteiger partial charge in [-0.25, -0.2) is 0 Å². The van der Waals surface area contributed by atoms with E-state index in [9.17, 15) is 0 Å². The number of benzene rings is 3. The summed E-state index contributed by atoms with van der Waals surface area (Å²) in [6.45, 7) is 6.40. The molecule has 1 aromatic heterocycles. The van der Waals surface area contributed by atoms with Gasteiger partial charge in [-0.3, -0.25) is 4.57 Å². The molecule has 28 heavy (non-hydrogen) atoms. The number of rotatable bonds is 5. The molecule has 0 saturated carbocycles. The molecule has 0 N–H and O–H groups in total. The number of hydrogen-bond acceptors (Lipinski definition) is 3. The molecular formula is C24H23N3S. The van der Waals surface area contributed by atoms with Crippen molar-refractivity contribution in [3.05, 3.63) is 95.1 Å². The summed E-state index contributed by atoms with van der Waals surface area (Å²) in [6, 6.07) is 25.4. The molecule has 0 saturated heterocycles. The molecule has 140 valence electrons. The third-order valence-electron chi connectivity index (χ3n) is 4.79. The summed E-state index contributed by atoms with van der Waals surface area (Å²) in [5.41, 5.74) is 7.30. The SMILES string of the molecule is Cc1cccc(-c2nnc(SCc3cc(C)ccc3C)n2-c2ccccc2)c1. The molecular weight excluding hydrogens is 362 g/mol. The van der Waals surface area contributed by atoms with Gasteiger partial charge < -0.3 is 0 Å². The summed E-state index contributed by atoms with van der Waals surface area (Å²) >= 11 is 1.73. The quantitative estimate of drug-likeness (QED) is 0.386. The van der Waals surface area contributed by atoms with Crippen molar-refractivity contribution in [2.24, 2.45) is 0 Å². The number of hydrogen-bond donors (Lipinski definition) is 0. The van der Waals surface area contributed by atoms with E-state index in [0.717, 1.165) is 28.0 Å². The Labute approximate surface area is 170 Å². The van der Waals surface area contributed by atoms with Crippen molar-refractivity contribution in [1.29, 1.82) is 0 Å². The molecule has 0 bridgehead atoms. The van der Waals surface area contributed by atoms with Crippen molar-refractivity contribution in [3.63, 3.8) is 0 Å². The highest BCUT2D eigenvalue weighted by Crippen LogP contribution is 2.30. The van der Waals surface area contributed by atoms with Crippen molar-refractivity contribution in [2.75, 3.05) is 0 Å². The van der Waals surface area contributed by atoms with E-state index in [1.54, 1.807) is 11.8 Å². The molecule has 0 unspecified atom stereocenters. The molecule has 4 heteroatoms. The summed E-state index contributed by atoms with van der Waals surface area (Å²) < 4.78 is 2.16. The van der Waals surface area contributed by atoms with E-state index in [4.69, 9.17) is 0 Å². The summed E-state index contributed by atoms with van der Waals surface area (Å²) in [4.78, 5) is 0. The largest absolute Gasteiger partial charge is 0.270 e. The first-order valence-electron chi connectivity index (χ1n) is 9.38. The second-order valence-corrected chi connectivity index (χ2v) is 8.01. The number of nitrogens with zero attached hydrogens (tertiary/aromatic N) is 3. The highest BCUT2D eigenvalue weighted by molar-refractivity contribution is 7.98. The van der Waals surface area contributed by atoms with Gasteiger partial charge in [0.05, 0.1) is 0 Å². The topological polar surface area (TPSA) is 30.7 Å². The van der Waals surface area contributed by atoms with E-state index in [1.807, 2.05) is 6.07 Å². The Bertz CT molecular complexity index is 1100. The van der Waals surface area contributed by atoms with Crippen LogP contribution in [0.25, 0.3) is 17.1 Å². The minimum atomic E-state index is 0.867. The molecule has 0 aliphatic heterocycles. The number of thioether (sulfide) groups is 1. The molecule has 4 rings (SSSR count). The second-order valence-electron chi connectivity index (χ2n) is 7.07. The van der Waals surface area contributed by atoms with Gasteiger partial charge in [-0.15, -0.1) is 10.2 Å². The molecule has 0 radical (unpaired) electrons. The lowest BCUT2D eigenvalue weighted by Crippen LogP contribution is -2.00. The molecule has 0 atom stereocenters. The van der Waals surface area contributed by atoms with Crippen LogP contribution in [0.1, 0.15) is 22.3 Å². The molecule has 4 aromatic rings. The first-order valence-corrected chi connectivity index (χ1v) is 10.4. The first-order chi connectivity index (χ1) is 13.6. The van der Waals surface area contributed by atoms with Gasteiger partial charge in [-0.2, -0.15) is 0 Å². The van der Waals surface area contributed by atoms with Crippen molar-refractivity contribution in [1.82, 2.24) is 14.8 Å². The summed E-state index contributed by atoms with van der Waals surface area (Å²) in [7, 11) is 0. The Hall–Kier alpha value is -2.85. The van der Waals surface area contributed by atoms with Crippen molar-refractivity contribution in [2.45, 2.75) is 31.7 Å². The standard InChI is InChI=1S/C24H23N3S/c1-17-8-7-9-20(14-17)23-25-26-24(27(23)22-10-5-4-6-11-22)28-16-21-15-18(2)12-13-19(21)3/h4-15H,16H2,1-3H3. The Morgan fingerprint density at radius 3 is 2.36 bits per heavy atom. The third-order valence-corrected chi connectivity index (χ3v) is 5.76. The molecule has 0 spiro atoms. The van der Waals surface area contributed by atoms with Gasteiger partial charge in [-0.1, -0.05) is 77.5 Å². The van der Waals surface area contributed by atoms with E-state index in [1.165, 1.54) is 22.3 Å². The van der Waals surface area contributed by atoms with Gasteiger partial charge in [0, 0.05) is 17.0 Å². The van der Waals surface area contributed by atoms with Crippen molar-refractivity contribution >= 4 is 11.8 Å². The highest BCUT2D eigenvalue weighted by atomic mass is 32.2. The monoisotopic (exact) mass is 385 g/mol. The third kappa shape index (κ3) is 3.87. The van der Waals surface area contributed by atoms with Crippen molar-refractivity contribution < 1.29 is 0 Å². The Morgan fingerprint density at radius 2 is 1.57 bits per heavy atom. The smallest absolute Gasteiger partial charge is 0.196 e. The molecule has 0 aliphatic rings. The maximum Gasteiger partial charge on any atom is 0.196 e. The van der Waals surface area contributed by atoms with Gasteiger partial charge in [0.15, 0.2) is 11.0 Å². The minimum absolute atomic E-state index is 0.867. The van der Waals surface area contributed by atoms with Crippen molar-refractivity contribution in [3.8, 4) is 17.1 Å². The van der Waals surface area contributed by atoms with Gasteiger partial charge in [0.25, 0.3) is 0 Å². The maximum atomic E-state index is 4.55. The molecule has 0 aliphatic carbocycles. The minimum Gasteiger partial charge on any atom is -0.270 e. The van der Waals surface area contributed by atoms with Crippen LogP contribution in [0.5, 0.6) is 0 Å². The molecule has 1 heterocycles. The van der Waals surface area contributed by atoms with Crippen LogP contribution in [0, 0.1) is 20.8 Å². The normalized spacial score (nSPS) is 11.0. The number of aryl methyl sites for hydroxylation is 3. The van der Waals surface area contributed by atoms with Crippen LogP contribution >= 0.6 is 11.8 Å². The fraction of sp³-hybridized carbons (Fsp3) is 0.167. The lowest BCUT2D eigenvalue weighted by molar-refractivity contribution is 0.886.